The lowest BCUT2D eigenvalue weighted by molar-refractivity contribution is -0.134. The van der Waals surface area contributed by atoms with Gasteiger partial charge in [0.1, 0.15) is 5.57 Å². The Bertz CT molecular complexity index is 642. The van der Waals surface area contributed by atoms with Crippen LogP contribution in [0, 0.1) is 11.3 Å². The number of likely N-dealkylation sites (N-methyl/N-ethyl adjacent to an activating group) is 2. The summed E-state index contributed by atoms with van der Waals surface area (Å²) in [6.45, 7) is 0. The maximum atomic E-state index is 12.0. The van der Waals surface area contributed by atoms with Crippen molar-refractivity contribution in [2.45, 2.75) is 0 Å². The molecular weight excluding hydrogens is 258 g/mol. The van der Waals surface area contributed by atoms with Gasteiger partial charge in [-0.05, 0) is 23.8 Å². The molecule has 0 aliphatic carbocycles. The number of imide groups is 2. The van der Waals surface area contributed by atoms with E-state index in [1.807, 2.05) is 6.07 Å². The molecule has 0 radical (unpaired) electrons. The van der Waals surface area contributed by atoms with Gasteiger partial charge in [0.2, 0.25) is 0 Å². The average molecular weight is 269 g/mol. The highest BCUT2D eigenvalue weighted by Gasteiger charge is 2.37. The predicted octanol–water partition coefficient (Wildman–Crippen LogP) is 0.992. The molecule has 0 saturated carbocycles. The normalized spacial score (nSPS) is 15.4. The first-order valence-corrected chi connectivity index (χ1v) is 5.77. The second-order valence-corrected chi connectivity index (χ2v) is 4.30. The van der Waals surface area contributed by atoms with Gasteiger partial charge in [-0.25, -0.2) is 4.79 Å². The number of barbiturate groups is 1. The van der Waals surface area contributed by atoms with E-state index in [0.717, 1.165) is 9.80 Å². The van der Waals surface area contributed by atoms with Crippen LogP contribution in [0.5, 0.6) is 0 Å². The predicted molar refractivity (Wildman–Crippen MR) is 70.1 cm³/mol. The molecule has 0 spiro atoms. The van der Waals surface area contributed by atoms with Crippen LogP contribution in [-0.2, 0) is 9.59 Å². The summed E-state index contributed by atoms with van der Waals surface area (Å²) in [5.74, 6) is -1.27. The molecule has 1 saturated heterocycles. The summed E-state index contributed by atoms with van der Waals surface area (Å²) in [6, 6.07) is 7.75. The SMILES string of the molecule is CN1C(=O)C(=Cc2ccc(C#N)cc2)C(=O)N(C)C1=O. The molecular formula is C14H11N3O3. The number of nitrogens with zero attached hydrogens (tertiary/aromatic N) is 3. The number of nitriles is 1. The summed E-state index contributed by atoms with van der Waals surface area (Å²) in [4.78, 5) is 37.3. The smallest absolute Gasteiger partial charge is 0.268 e. The third-order valence-corrected chi connectivity index (χ3v) is 2.99. The number of benzene rings is 1. The fourth-order valence-corrected chi connectivity index (χ4v) is 1.80. The molecule has 0 atom stereocenters. The topological polar surface area (TPSA) is 81.5 Å². The zero-order valence-electron chi connectivity index (χ0n) is 11.0. The van der Waals surface area contributed by atoms with Crippen LogP contribution in [0.1, 0.15) is 11.1 Å². The number of carbonyl (C=O) groups is 3. The summed E-state index contributed by atoms with van der Waals surface area (Å²) in [5.41, 5.74) is 1.01. The fourth-order valence-electron chi connectivity index (χ4n) is 1.80. The number of hydrogen-bond acceptors (Lipinski definition) is 4. The maximum Gasteiger partial charge on any atom is 0.333 e. The summed E-state index contributed by atoms with van der Waals surface area (Å²) in [6.07, 6.45) is 1.41. The molecule has 1 aromatic carbocycles. The van der Waals surface area contributed by atoms with Crippen molar-refractivity contribution in [1.29, 1.82) is 5.26 Å². The van der Waals surface area contributed by atoms with Crippen molar-refractivity contribution in [1.82, 2.24) is 9.80 Å². The molecule has 1 fully saturated rings. The van der Waals surface area contributed by atoms with Crippen molar-refractivity contribution in [2.24, 2.45) is 0 Å². The molecule has 4 amide bonds. The van der Waals surface area contributed by atoms with E-state index < -0.39 is 17.8 Å². The molecule has 0 aromatic heterocycles. The third kappa shape index (κ3) is 2.17. The van der Waals surface area contributed by atoms with E-state index in [2.05, 4.69) is 0 Å². The highest BCUT2D eigenvalue weighted by Crippen LogP contribution is 2.17. The van der Waals surface area contributed by atoms with E-state index in [0.29, 0.717) is 11.1 Å². The summed E-state index contributed by atoms with van der Waals surface area (Å²) < 4.78 is 0. The van der Waals surface area contributed by atoms with Crippen LogP contribution < -0.4 is 0 Å². The van der Waals surface area contributed by atoms with Crippen LogP contribution >= 0.6 is 0 Å². The van der Waals surface area contributed by atoms with Gasteiger partial charge in [-0.1, -0.05) is 12.1 Å². The van der Waals surface area contributed by atoms with Gasteiger partial charge in [-0.15, -0.1) is 0 Å². The minimum absolute atomic E-state index is 0.0840. The number of rotatable bonds is 1. The second-order valence-electron chi connectivity index (χ2n) is 4.30. The van der Waals surface area contributed by atoms with Gasteiger partial charge in [-0.2, -0.15) is 5.26 Å². The van der Waals surface area contributed by atoms with E-state index in [-0.39, 0.29) is 5.57 Å². The molecule has 2 rings (SSSR count). The van der Waals surface area contributed by atoms with Crippen molar-refractivity contribution >= 4 is 23.9 Å². The van der Waals surface area contributed by atoms with Crippen molar-refractivity contribution in [3.05, 3.63) is 41.0 Å². The Balaban J connectivity index is 2.41. The third-order valence-electron chi connectivity index (χ3n) is 2.99. The van der Waals surface area contributed by atoms with Gasteiger partial charge in [-0.3, -0.25) is 19.4 Å². The van der Waals surface area contributed by atoms with E-state index in [4.69, 9.17) is 5.26 Å². The Hall–Kier alpha value is -2.94. The van der Waals surface area contributed by atoms with Crippen LogP contribution in [0.15, 0.2) is 29.8 Å². The van der Waals surface area contributed by atoms with E-state index >= 15 is 0 Å². The summed E-state index contributed by atoms with van der Waals surface area (Å²) in [7, 11) is 2.64. The number of amides is 4. The molecule has 100 valence electrons. The molecule has 1 heterocycles. The summed E-state index contributed by atoms with van der Waals surface area (Å²) in [5, 5.41) is 8.71. The first-order valence-electron chi connectivity index (χ1n) is 5.77. The first-order chi connectivity index (χ1) is 9.45. The van der Waals surface area contributed by atoms with Gasteiger partial charge >= 0.3 is 6.03 Å². The molecule has 0 bridgehead atoms. The molecule has 6 nitrogen and oxygen atoms in total. The number of urea groups is 1. The molecule has 6 heteroatoms. The van der Waals surface area contributed by atoms with Crippen LogP contribution in [0.3, 0.4) is 0 Å². The minimum atomic E-state index is -0.656. The average Bonchev–Trinajstić information content (AvgIpc) is 2.48. The Kier molecular flexibility index (Phi) is 3.36. The first kappa shape index (κ1) is 13.5. The lowest BCUT2D eigenvalue weighted by Gasteiger charge is -2.28. The number of hydrogen-bond donors (Lipinski definition) is 0. The Morgan fingerprint density at radius 2 is 1.50 bits per heavy atom. The molecule has 1 aliphatic heterocycles. The Morgan fingerprint density at radius 3 is 1.95 bits per heavy atom. The molecule has 0 N–H and O–H groups in total. The maximum absolute atomic E-state index is 12.0. The van der Waals surface area contributed by atoms with Gasteiger partial charge in [0, 0.05) is 14.1 Å². The van der Waals surface area contributed by atoms with Crippen LogP contribution in [0.4, 0.5) is 4.79 Å². The van der Waals surface area contributed by atoms with E-state index in [9.17, 15) is 14.4 Å². The van der Waals surface area contributed by atoms with Crippen molar-refractivity contribution < 1.29 is 14.4 Å². The lowest BCUT2D eigenvalue weighted by Crippen LogP contribution is -2.52. The van der Waals surface area contributed by atoms with Gasteiger partial charge in [0.15, 0.2) is 0 Å². The standard InChI is InChI=1S/C14H11N3O3/c1-16-12(18)11(13(19)17(2)14(16)20)7-9-3-5-10(8-15)6-4-9/h3-7H,1-2H3. The highest BCUT2D eigenvalue weighted by atomic mass is 16.2. The second kappa shape index (κ2) is 4.97. The zero-order valence-corrected chi connectivity index (χ0v) is 11.0. The van der Waals surface area contributed by atoms with Crippen LogP contribution in [0.2, 0.25) is 0 Å². The van der Waals surface area contributed by atoms with Crippen molar-refractivity contribution in [3.8, 4) is 6.07 Å². The summed E-state index contributed by atoms with van der Waals surface area (Å²) >= 11 is 0. The number of carbonyl (C=O) groups excluding carboxylic acids is 3. The monoisotopic (exact) mass is 269 g/mol. The molecule has 1 aliphatic rings. The molecule has 20 heavy (non-hydrogen) atoms. The largest absolute Gasteiger partial charge is 0.333 e. The van der Waals surface area contributed by atoms with Crippen LogP contribution in [0.25, 0.3) is 6.08 Å². The fraction of sp³-hybridized carbons (Fsp3) is 0.143. The van der Waals surface area contributed by atoms with Crippen LogP contribution in [-0.4, -0.2) is 41.7 Å². The van der Waals surface area contributed by atoms with E-state index in [1.165, 1.54) is 20.2 Å². The van der Waals surface area contributed by atoms with Crippen molar-refractivity contribution in [2.75, 3.05) is 14.1 Å². The molecule has 1 aromatic rings. The van der Waals surface area contributed by atoms with Crippen molar-refractivity contribution in [3.63, 3.8) is 0 Å². The Labute approximate surface area is 115 Å². The Morgan fingerprint density at radius 1 is 1.00 bits per heavy atom. The highest BCUT2D eigenvalue weighted by molar-refractivity contribution is 6.30. The van der Waals surface area contributed by atoms with Gasteiger partial charge < -0.3 is 0 Å². The zero-order chi connectivity index (χ0) is 14.9. The lowest BCUT2D eigenvalue weighted by atomic mass is 10.1. The minimum Gasteiger partial charge on any atom is -0.268 e. The van der Waals surface area contributed by atoms with Gasteiger partial charge in [0.25, 0.3) is 11.8 Å². The van der Waals surface area contributed by atoms with Gasteiger partial charge in [0.05, 0.1) is 11.6 Å². The quantitative estimate of drug-likeness (QED) is 0.562. The molecule has 0 unspecified atom stereocenters. The van der Waals surface area contributed by atoms with E-state index in [1.54, 1.807) is 24.3 Å².